The quantitative estimate of drug-likeness (QED) is 0.753. The molecule has 0 unspecified atom stereocenters. The molecule has 3 rings (SSSR count). The molecule has 120 valence electrons. The Hall–Kier alpha value is -2.47. The third-order valence-corrected chi connectivity index (χ3v) is 3.63. The van der Waals surface area contributed by atoms with E-state index >= 15 is 0 Å². The topological polar surface area (TPSA) is 60.6 Å². The zero-order chi connectivity index (χ0) is 16.2. The van der Waals surface area contributed by atoms with Gasteiger partial charge in [-0.25, -0.2) is 4.52 Å². The van der Waals surface area contributed by atoms with Crippen LogP contribution in [0.15, 0.2) is 42.7 Å². The van der Waals surface area contributed by atoms with Crippen LogP contribution in [0.5, 0.6) is 5.75 Å². The lowest BCUT2D eigenvalue weighted by atomic mass is 10.3. The maximum atomic E-state index is 11.8. The van der Waals surface area contributed by atoms with E-state index in [4.69, 9.17) is 16.3 Å². The van der Waals surface area contributed by atoms with E-state index in [1.54, 1.807) is 24.3 Å². The fourth-order valence-electron chi connectivity index (χ4n) is 2.28. The third-order valence-electron chi connectivity index (χ3n) is 3.38. The molecule has 1 N–H and O–H groups in total. The number of aryl methyl sites for hydroxylation is 1. The molecule has 0 atom stereocenters. The average molecular weight is 333 g/mol. The molecule has 0 radical (unpaired) electrons. The lowest BCUT2D eigenvalue weighted by Crippen LogP contribution is -2.31. The van der Waals surface area contributed by atoms with Gasteiger partial charge in [-0.2, -0.15) is 5.10 Å². The van der Waals surface area contributed by atoms with E-state index in [9.17, 15) is 4.79 Å². The molecular formula is C16H17ClN4O2. The van der Waals surface area contributed by atoms with Gasteiger partial charge >= 0.3 is 0 Å². The number of carbonyl (C=O) groups is 1. The molecule has 0 aliphatic rings. The van der Waals surface area contributed by atoms with Crippen molar-refractivity contribution in [1.29, 1.82) is 0 Å². The Bertz CT molecular complexity index is 807. The second kappa shape index (κ2) is 6.75. The Morgan fingerprint density at radius 3 is 2.87 bits per heavy atom. The van der Waals surface area contributed by atoms with Gasteiger partial charge in [0.2, 0.25) is 0 Å². The summed E-state index contributed by atoms with van der Waals surface area (Å²) in [5, 5.41) is 7.79. The van der Waals surface area contributed by atoms with E-state index < -0.39 is 0 Å². The molecule has 3 aromatic rings. The van der Waals surface area contributed by atoms with Crippen molar-refractivity contribution in [3.05, 3.63) is 53.4 Å². The van der Waals surface area contributed by atoms with Gasteiger partial charge < -0.3 is 14.6 Å². The second-order valence-corrected chi connectivity index (χ2v) is 5.61. The third kappa shape index (κ3) is 3.84. The molecule has 0 bridgehead atoms. The summed E-state index contributed by atoms with van der Waals surface area (Å²) in [6.45, 7) is 3.13. The molecule has 0 saturated carbocycles. The number of rotatable bonds is 6. The normalized spacial score (nSPS) is 10.9. The Morgan fingerprint density at radius 1 is 1.30 bits per heavy atom. The summed E-state index contributed by atoms with van der Waals surface area (Å²) in [4.78, 5) is 11.8. The molecule has 0 saturated heterocycles. The van der Waals surface area contributed by atoms with Crippen LogP contribution in [0.2, 0.25) is 5.02 Å². The van der Waals surface area contributed by atoms with Crippen molar-refractivity contribution >= 4 is 23.2 Å². The lowest BCUT2D eigenvalue weighted by molar-refractivity contribution is -0.123. The van der Waals surface area contributed by atoms with Gasteiger partial charge in [-0.15, -0.1) is 0 Å². The van der Waals surface area contributed by atoms with Crippen molar-refractivity contribution in [2.24, 2.45) is 0 Å². The van der Waals surface area contributed by atoms with Crippen LogP contribution in [0.1, 0.15) is 5.69 Å². The maximum absolute atomic E-state index is 11.8. The van der Waals surface area contributed by atoms with E-state index in [1.807, 2.05) is 34.5 Å². The summed E-state index contributed by atoms with van der Waals surface area (Å²) in [6, 6.07) is 8.91. The highest BCUT2D eigenvalue weighted by atomic mass is 35.5. The van der Waals surface area contributed by atoms with Gasteiger partial charge in [0, 0.05) is 36.6 Å². The Labute approximate surface area is 138 Å². The molecular weight excluding hydrogens is 316 g/mol. The van der Waals surface area contributed by atoms with E-state index in [-0.39, 0.29) is 12.5 Å². The first-order valence-electron chi connectivity index (χ1n) is 7.28. The number of hydrogen-bond donors (Lipinski definition) is 1. The predicted molar refractivity (Wildman–Crippen MR) is 87.9 cm³/mol. The van der Waals surface area contributed by atoms with Gasteiger partial charge in [-0.3, -0.25) is 4.79 Å². The maximum Gasteiger partial charge on any atom is 0.258 e. The molecule has 7 heteroatoms. The van der Waals surface area contributed by atoms with Crippen molar-refractivity contribution < 1.29 is 9.53 Å². The molecule has 0 aliphatic heterocycles. The van der Waals surface area contributed by atoms with Crippen LogP contribution in [-0.4, -0.2) is 33.2 Å². The molecule has 0 aliphatic carbocycles. The van der Waals surface area contributed by atoms with E-state index in [0.717, 1.165) is 11.3 Å². The van der Waals surface area contributed by atoms with Crippen LogP contribution in [0.3, 0.4) is 0 Å². The fraction of sp³-hybridized carbons (Fsp3) is 0.250. The summed E-state index contributed by atoms with van der Waals surface area (Å²) in [7, 11) is 0. The second-order valence-electron chi connectivity index (χ2n) is 5.17. The highest BCUT2D eigenvalue weighted by Crippen LogP contribution is 2.15. The molecule has 2 aromatic heterocycles. The minimum absolute atomic E-state index is 0.0193. The average Bonchev–Trinajstić information content (AvgIpc) is 3.07. The van der Waals surface area contributed by atoms with Crippen molar-refractivity contribution in [1.82, 2.24) is 19.5 Å². The number of benzene rings is 1. The van der Waals surface area contributed by atoms with Gasteiger partial charge in [0.1, 0.15) is 11.4 Å². The minimum atomic E-state index is -0.159. The smallest absolute Gasteiger partial charge is 0.258 e. The van der Waals surface area contributed by atoms with Gasteiger partial charge in [0.15, 0.2) is 6.61 Å². The first-order valence-corrected chi connectivity index (χ1v) is 7.66. The minimum Gasteiger partial charge on any atom is -0.484 e. The SMILES string of the molecule is Cc1cc2n(CCNC(=O)COc3ccc(Cl)cc3)ccn2n1. The van der Waals surface area contributed by atoms with Crippen LogP contribution in [0, 0.1) is 6.92 Å². The van der Waals surface area contributed by atoms with Crippen molar-refractivity contribution in [2.75, 3.05) is 13.2 Å². The van der Waals surface area contributed by atoms with Crippen LogP contribution in [0.4, 0.5) is 0 Å². The number of nitrogens with one attached hydrogen (secondary N) is 1. The summed E-state index contributed by atoms with van der Waals surface area (Å²) >= 11 is 5.79. The number of aromatic nitrogens is 3. The van der Waals surface area contributed by atoms with Crippen LogP contribution >= 0.6 is 11.6 Å². The predicted octanol–water partition coefficient (Wildman–Crippen LogP) is 2.29. The zero-order valence-corrected chi connectivity index (χ0v) is 13.5. The summed E-state index contributed by atoms with van der Waals surface area (Å²) in [5.74, 6) is 0.458. The molecule has 0 fully saturated rings. The van der Waals surface area contributed by atoms with Gasteiger partial charge in [0.05, 0.1) is 5.69 Å². The van der Waals surface area contributed by atoms with Crippen molar-refractivity contribution in [2.45, 2.75) is 13.5 Å². The van der Waals surface area contributed by atoms with Crippen LogP contribution in [-0.2, 0) is 11.3 Å². The lowest BCUT2D eigenvalue weighted by Gasteiger charge is -2.08. The molecule has 23 heavy (non-hydrogen) atoms. The molecule has 6 nitrogen and oxygen atoms in total. The number of ether oxygens (including phenoxy) is 1. The zero-order valence-electron chi connectivity index (χ0n) is 12.7. The number of nitrogens with zero attached hydrogens (tertiary/aromatic N) is 3. The standard InChI is InChI=1S/C16H17ClN4O2/c1-12-10-16-20(8-9-21(16)19-12)7-6-18-15(22)11-23-14-4-2-13(17)3-5-14/h2-5,8-10H,6-7,11H2,1H3,(H,18,22). The highest BCUT2D eigenvalue weighted by Gasteiger charge is 2.05. The number of hydrogen-bond acceptors (Lipinski definition) is 3. The van der Waals surface area contributed by atoms with E-state index in [0.29, 0.717) is 23.9 Å². The summed E-state index contributed by atoms with van der Waals surface area (Å²) in [6.07, 6.45) is 3.84. The summed E-state index contributed by atoms with van der Waals surface area (Å²) < 4.78 is 9.25. The molecule has 2 heterocycles. The molecule has 1 aromatic carbocycles. The monoisotopic (exact) mass is 332 g/mol. The van der Waals surface area contributed by atoms with Gasteiger partial charge in [0.25, 0.3) is 5.91 Å². The molecule has 1 amide bonds. The first-order chi connectivity index (χ1) is 11.1. The Balaban J connectivity index is 1.44. The number of carbonyl (C=O) groups excluding carboxylic acids is 1. The van der Waals surface area contributed by atoms with Crippen molar-refractivity contribution in [3.63, 3.8) is 0 Å². The number of imidazole rings is 1. The van der Waals surface area contributed by atoms with Crippen LogP contribution < -0.4 is 10.1 Å². The number of fused-ring (bicyclic) bond motifs is 1. The van der Waals surface area contributed by atoms with Crippen molar-refractivity contribution in [3.8, 4) is 5.75 Å². The van der Waals surface area contributed by atoms with Crippen LogP contribution in [0.25, 0.3) is 5.65 Å². The highest BCUT2D eigenvalue weighted by molar-refractivity contribution is 6.30. The largest absolute Gasteiger partial charge is 0.484 e. The van der Waals surface area contributed by atoms with E-state index in [1.165, 1.54) is 0 Å². The Kier molecular flexibility index (Phi) is 4.52. The molecule has 0 spiro atoms. The fourth-order valence-corrected chi connectivity index (χ4v) is 2.41. The first kappa shape index (κ1) is 15.4. The number of amides is 1. The summed E-state index contributed by atoms with van der Waals surface area (Å²) in [5.41, 5.74) is 1.98. The van der Waals surface area contributed by atoms with E-state index in [2.05, 4.69) is 10.4 Å². The van der Waals surface area contributed by atoms with Gasteiger partial charge in [-0.05, 0) is 31.2 Å². The van der Waals surface area contributed by atoms with Gasteiger partial charge in [-0.1, -0.05) is 11.6 Å². The Morgan fingerprint density at radius 2 is 2.09 bits per heavy atom. The number of halogens is 1.